The summed E-state index contributed by atoms with van der Waals surface area (Å²) in [5.41, 5.74) is 0. The van der Waals surface area contributed by atoms with Crippen molar-refractivity contribution in [2.45, 2.75) is 19.0 Å². The van der Waals surface area contributed by atoms with E-state index >= 15 is 0 Å². The van der Waals surface area contributed by atoms with Crippen LogP contribution in [-0.4, -0.2) is 12.1 Å². The highest BCUT2D eigenvalue weighted by molar-refractivity contribution is 5.09. The minimum atomic E-state index is 0.157. The Kier molecular flexibility index (Phi) is 0.578. The van der Waals surface area contributed by atoms with Crippen LogP contribution >= 0.6 is 0 Å². The molecule has 0 unspecified atom stereocenters. The predicted molar refractivity (Wildman–Crippen MR) is 22.0 cm³/mol. The van der Waals surface area contributed by atoms with Crippen molar-refractivity contribution in [2.75, 3.05) is 0 Å². The van der Waals surface area contributed by atoms with Gasteiger partial charge in [-0.3, -0.25) is 5.32 Å². The molecule has 32 valence electrons. The maximum Gasteiger partial charge on any atom is 0.111 e. The van der Waals surface area contributed by atoms with Crippen LogP contribution in [0, 0.1) is 11.3 Å². The molecular weight excluding hydrogens is 76.1 g/mol. The van der Waals surface area contributed by atoms with Crippen molar-refractivity contribution in [3.63, 3.8) is 0 Å². The number of rotatable bonds is 0. The number of nitrogens with one attached hydrogen (secondary N) is 1. The topological polar surface area (TPSA) is 45.7 Å². The van der Waals surface area contributed by atoms with Crippen LogP contribution in [0.3, 0.4) is 0 Å². The molecule has 1 aliphatic rings. The van der Waals surface area contributed by atoms with E-state index in [4.69, 9.17) is 5.26 Å². The fraction of sp³-hybridized carbons (Fsp3) is 0.750. The summed E-state index contributed by atoms with van der Waals surface area (Å²) in [6.07, 6.45) is 0. The van der Waals surface area contributed by atoms with Gasteiger partial charge in [0.05, 0.1) is 6.07 Å². The van der Waals surface area contributed by atoms with Gasteiger partial charge in [-0.25, -0.2) is 0 Å². The molecule has 2 heteroatoms. The van der Waals surface area contributed by atoms with Crippen molar-refractivity contribution >= 4 is 0 Å². The molecule has 6 heavy (non-hydrogen) atoms. The highest BCUT2D eigenvalue weighted by atomic mass is 15.1. The van der Waals surface area contributed by atoms with Gasteiger partial charge in [-0.15, -0.1) is 0 Å². The molecule has 2 atom stereocenters. The number of hydrogen-bond donors (Lipinski definition) is 1. The molecule has 0 amide bonds. The molecule has 1 fully saturated rings. The smallest absolute Gasteiger partial charge is 0.111 e. The van der Waals surface area contributed by atoms with Crippen LogP contribution in [0.5, 0.6) is 0 Å². The molecule has 1 heterocycles. The van der Waals surface area contributed by atoms with E-state index < -0.39 is 0 Å². The van der Waals surface area contributed by atoms with E-state index in [-0.39, 0.29) is 6.04 Å². The minimum absolute atomic E-state index is 0.157. The van der Waals surface area contributed by atoms with Gasteiger partial charge < -0.3 is 0 Å². The van der Waals surface area contributed by atoms with Gasteiger partial charge in [-0.2, -0.15) is 5.26 Å². The van der Waals surface area contributed by atoms with Crippen LogP contribution in [-0.2, 0) is 0 Å². The summed E-state index contributed by atoms with van der Waals surface area (Å²) < 4.78 is 0. The summed E-state index contributed by atoms with van der Waals surface area (Å²) in [5, 5.41) is 11.0. The van der Waals surface area contributed by atoms with Gasteiger partial charge in [0, 0.05) is 6.04 Å². The molecule has 2 nitrogen and oxygen atoms in total. The molecule has 0 bridgehead atoms. The Labute approximate surface area is 36.8 Å². The van der Waals surface area contributed by atoms with Crippen LogP contribution in [0.15, 0.2) is 0 Å². The summed E-state index contributed by atoms with van der Waals surface area (Å²) in [4.78, 5) is 0. The highest BCUT2D eigenvalue weighted by Gasteiger charge is 2.30. The predicted octanol–water partition coefficient (Wildman–Crippen LogP) is -0.130. The van der Waals surface area contributed by atoms with Crippen LogP contribution in [0.1, 0.15) is 6.92 Å². The van der Waals surface area contributed by atoms with E-state index in [2.05, 4.69) is 11.4 Å². The number of nitriles is 1. The standard InChI is InChI=1S/C4H6N2/c1-3-4(2-5)6-3/h3-4,6H,1H3/t3-,4+/m0/s1. The zero-order valence-electron chi connectivity index (χ0n) is 3.60. The first-order valence-corrected chi connectivity index (χ1v) is 2.00. The molecule has 0 aliphatic carbocycles. The zero-order chi connectivity index (χ0) is 4.57. The summed E-state index contributed by atoms with van der Waals surface area (Å²) in [5.74, 6) is 0. The van der Waals surface area contributed by atoms with E-state index in [1.807, 2.05) is 6.92 Å². The van der Waals surface area contributed by atoms with Gasteiger partial charge in [-0.1, -0.05) is 0 Å². The lowest BCUT2D eigenvalue weighted by Gasteiger charge is -1.60. The Morgan fingerprint density at radius 1 is 1.83 bits per heavy atom. The first-order valence-electron chi connectivity index (χ1n) is 2.00. The Morgan fingerprint density at radius 2 is 2.33 bits per heavy atom. The third-order valence-corrected chi connectivity index (χ3v) is 0.972. The van der Waals surface area contributed by atoms with Crippen molar-refractivity contribution in [3.05, 3.63) is 0 Å². The van der Waals surface area contributed by atoms with Crippen molar-refractivity contribution in [1.82, 2.24) is 5.32 Å². The lowest BCUT2D eigenvalue weighted by Crippen LogP contribution is -1.79. The monoisotopic (exact) mass is 82.1 g/mol. The number of nitrogens with zero attached hydrogens (tertiary/aromatic N) is 1. The van der Waals surface area contributed by atoms with Crippen molar-refractivity contribution in [3.8, 4) is 6.07 Å². The largest absolute Gasteiger partial charge is 0.295 e. The Hall–Kier alpha value is -0.550. The summed E-state index contributed by atoms with van der Waals surface area (Å²) in [6.45, 7) is 1.99. The Morgan fingerprint density at radius 3 is 2.33 bits per heavy atom. The molecular formula is C4H6N2. The quantitative estimate of drug-likeness (QED) is 0.414. The summed E-state index contributed by atoms with van der Waals surface area (Å²) in [7, 11) is 0. The van der Waals surface area contributed by atoms with Gasteiger partial charge in [-0.05, 0) is 6.92 Å². The van der Waals surface area contributed by atoms with Gasteiger partial charge in [0.25, 0.3) is 0 Å². The molecule has 1 saturated heterocycles. The zero-order valence-corrected chi connectivity index (χ0v) is 3.60. The second-order valence-corrected chi connectivity index (χ2v) is 1.56. The van der Waals surface area contributed by atoms with Crippen LogP contribution < -0.4 is 5.32 Å². The average Bonchev–Trinajstić information content (AvgIpc) is 2.19. The molecule has 0 aromatic carbocycles. The van der Waals surface area contributed by atoms with Crippen LogP contribution in [0.2, 0.25) is 0 Å². The third kappa shape index (κ3) is 0.373. The molecule has 0 aromatic heterocycles. The van der Waals surface area contributed by atoms with E-state index in [1.54, 1.807) is 0 Å². The number of hydrogen-bond acceptors (Lipinski definition) is 2. The first-order chi connectivity index (χ1) is 2.84. The van der Waals surface area contributed by atoms with Crippen molar-refractivity contribution in [2.24, 2.45) is 0 Å². The first kappa shape index (κ1) is 3.63. The van der Waals surface area contributed by atoms with E-state index in [0.717, 1.165) is 0 Å². The normalized spacial score (nSPS) is 41.3. The molecule has 1 N–H and O–H groups in total. The average molecular weight is 82.1 g/mol. The maximum absolute atomic E-state index is 8.06. The fourth-order valence-electron chi connectivity index (χ4n) is 0.377. The molecule has 0 saturated carbocycles. The van der Waals surface area contributed by atoms with Gasteiger partial charge in [0.15, 0.2) is 0 Å². The Balaban J connectivity index is 2.31. The molecule has 0 aromatic rings. The van der Waals surface area contributed by atoms with E-state index in [9.17, 15) is 0 Å². The second-order valence-electron chi connectivity index (χ2n) is 1.56. The lowest BCUT2D eigenvalue weighted by atomic mass is 10.4. The lowest BCUT2D eigenvalue weighted by molar-refractivity contribution is 1.09. The van der Waals surface area contributed by atoms with Crippen LogP contribution in [0.25, 0.3) is 0 Å². The van der Waals surface area contributed by atoms with Gasteiger partial charge in [0.1, 0.15) is 6.04 Å². The third-order valence-electron chi connectivity index (χ3n) is 0.972. The Bertz CT molecular complexity index is 92.2. The van der Waals surface area contributed by atoms with Crippen molar-refractivity contribution < 1.29 is 0 Å². The molecule has 0 radical (unpaired) electrons. The second kappa shape index (κ2) is 0.954. The van der Waals surface area contributed by atoms with Crippen LogP contribution in [0.4, 0.5) is 0 Å². The SMILES string of the molecule is C[C@@H]1N[C@@H]1C#N. The fourth-order valence-corrected chi connectivity index (χ4v) is 0.377. The van der Waals surface area contributed by atoms with E-state index in [1.165, 1.54) is 0 Å². The minimum Gasteiger partial charge on any atom is -0.295 e. The molecule has 1 aliphatic heterocycles. The summed E-state index contributed by atoms with van der Waals surface area (Å²) >= 11 is 0. The summed E-state index contributed by atoms with van der Waals surface area (Å²) in [6, 6.07) is 2.69. The molecule has 1 rings (SSSR count). The molecule has 0 spiro atoms. The highest BCUT2D eigenvalue weighted by Crippen LogP contribution is 2.05. The van der Waals surface area contributed by atoms with E-state index in [0.29, 0.717) is 6.04 Å². The maximum atomic E-state index is 8.06. The van der Waals surface area contributed by atoms with Crippen molar-refractivity contribution in [1.29, 1.82) is 5.26 Å². The van der Waals surface area contributed by atoms with Gasteiger partial charge in [0.2, 0.25) is 0 Å². The van der Waals surface area contributed by atoms with Gasteiger partial charge >= 0.3 is 0 Å².